The average molecular weight is 281 g/mol. The molecule has 0 bridgehead atoms. The van der Waals surface area contributed by atoms with Crippen molar-refractivity contribution in [3.05, 3.63) is 33.9 Å². The number of amides is 1. The molecular weight excluding hydrogens is 262 g/mol. The van der Waals surface area contributed by atoms with E-state index >= 15 is 0 Å². The van der Waals surface area contributed by atoms with Crippen molar-refractivity contribution in [1.82, 2.24) is 5.32 Å². The molecule has 0 heterocycles. The standard InChI is InChI=1S/C13H19N3O4/c1-9-4-5-11(16(18)19)6-12(9)14-7-13(17)15-10(2)8-20-3/h4-6,10,14H,7-8H2,1-3H3,(H,15,17). The van der Waals surface area contributed by atoms with E-state index in [2.05, 4.69) is 10.6 Å². The summed E-state index contributed by atoms with van der Waals surface area (Å²) in [6, 6.07) is 4.41. The molecule has 2 N–H and O–H groups in total. The van der Waals surface area contributed by atoms with Crippen molar-refractivity contribution in [1.29, 1.82) is 0 Å². The van der Waals surface area contributed by atoms with Crippen molar-refractivity contribution >= 4 is 17.3 Å². The van der Waals surface area contributed by atoms with E-state index in [1.807, 2.05) is 13.8 Å². The first-order valence-corrected chi connectivity index (χ1v) is 6.21. The highest BCUT2D eigenvalue weighted by molar-refractivity contribution is 5.81. The number of nitro benzene ring substituents is 1. The first kappa shape index (κ1) is 15.9. The van der Waals surface area contributed by atoms with Crippen LogP contribution in [0.15, 0.2) is 18.2 Å². The van der Waals surface area contributed by atoms with Crippen molar-refractivity contribution in [2.75, 3.05) is 25.6 Å². The Morgan fingerprint density at radius 3 is 2.80 bits per heavy atom. The van der Waals surface area contributed by atoms with E-state index in [0.717, 1.165) is 5.56 Å². The number of benzene rings is 1. The maximum absolute atomic E-state index is 11.7. The monoisotopic (exact) mass is 281 g/mol. The van der Waals surface area contributed by atoms with Gasteiger partial charge in [-0.05, 0) is 19.4 Å². The van der Waals surface area contributed by atoms with Gasteiger partial charge in [0.2, 0.25) is 5.91 Å². The van der Waals surface area contributed by atoms with Crippen molar-refractivity contribution in [2.24, 2.45) is 0 Å². The molecule has 0 aromatic heterocycles. The minimum atomic E-state index is -0.467. The van der Waals surface area contributed by atoms with Gasteiger partial charge in [-0.1, -0.05) is 6.07 Å². The van der Waals surface area contributed by atoms with Gasteiger partial charge < -0.3 is 15.4 Å². The normalized spacial score (nSPS) is 11.8. The number of nitrogens with zero attached hydrogens (tertiary/aromatic N) is 1. The number of rotatable bonds is 7. The lowest BCUT2D eigenvalue weighted by molar-refractivity contribution is -0.384. The summed E-state index contributed by atoms with van der Waals surface area (Å²) in [6.07, 6.45) is 0. The van der Waals surface area contributed by atoms with E-state index < -0.39 is 4.92 Å². The van der Waals surface area contributed by atoms with E-state index in [4.69, 9.17) is 4.74 Å². The summed E-state index contributed by atoms with van der Waals surface area (Å²) in [7, 11) is 1.56. The fraction of sp³-hybridized carbons (Fsp3) is 0.462. The summed E-state index contributed by atoms with van der Waals surface area (Å²) in [5.41, 5.74) is 1.41. The Labute approximate surface area is 117 Å². The SMILES string of the molecule is COCC(C)NC(=O)CNc1cc([N+](=O)[O-])ccc1C. The largest absolute Gasteiger partial charge is 0.383 e. The fourth-order valence-corrected chi connectivity index (χ4v) is 1.71. The molecule has 0 aliphatic rings. The number of carbonyl (C=O) groups excluding carboxylic acids is 1. The highest BCUT2D eigenvalue weighted by atomic mass is 16.6. The lowest BCUT2D eigenvalue weighted by Crippen LogP contribution is -2.39. The minimum absolute atomic E-state index is 0.00809. The summed E-state index contributed by atoms with van der Waals surface area (Å²) in [5.74, 6) is -0.194. The average Bonchev–Trinajstić information content (AvgIpc) is 2.37. The number of hydrogen-bond acceptors (Lipinski definition) is 5. The van der Waals surface area contributed by atoms with Crippen LogP contribution in [-0.4, -0.2) is 37.1 Å². The zero-order valence-corrected chi connectivity index (χ0v) is 11.8. The highest BCUT2D eigenvalue weighted by Gasteiger charge is 2.10. The van der Waals surface area contributed by atoms with Gasteiger partial charge in [-0.2, -0.15) is 0 Å². The highest BCUT2D eigenvalue weighted by Crippen LogP contribution is 2.21. The van der Waals surface area contributed by atoms with Crippen LogP contribution in [0, 0.1) is 17.0 Å². The smallest absolute Gasteiger partial charge is 0.271 e. The van der Waals surface area contributed by atoms with Gasteiger partial charge in [-0.25, -0.2) is 0 Å². The molecule has 1 unspecified atom stereocenters. The molecule has 7 nitrogen and oxygen atoms in total. The Kier molecular flexibility index (Phi) is 5.92. The quantitative estimate of drug-likeness (QED) is 0.583. The van der Waals surface area contributed by atoms with Crippen LogP contribution in [0.25, 0.3) is 0 Å². The first-order chi connectivity index (χ1) is 9.43. The molecule has 0 radical (unpaired) electrons. The van der Waals surface area contributed by atoms with Crippen molar-refractivity contribution in [2.45, 2.75) is 19.9 Å². The summed E-state index contributed by atoms with van der Waals surface area (Å²) in [4.78, 5) is 21.9. The second-order valence-corrected chi connectivity index (χ2v) is 4.53. The lowest BCUT2D eigenvalue weighted by Gasteiger charge is -2.14. The Balaban J connectivity index is 2.59. The van der Waals surface area contributed by atoms with Crippen molar-refractivity contribution in [3.63, 3.8) is 0 Å². The van der Waals surface area contributed by atoms with Crippen molar-refractivity contribution in [3.8, 4) is 0 Å². The van der Waals surface area contributed by atoms with Crippen molar-refractivity contribution < 1.29 is 14.5 Å². The predicted molar refractivity (Wildman–Crippen MR) is 75.8 cm³/mol. The molecule has 7 heteroatoms. The van der Waals surface area contributed by atoms with E-state index in [0.29, 0.717) is 12.3 Å². The summed E-state index contributed by atoms with van der Waals surface area (Å²) in [6.45, 7) is 4.13. The molecule has 1 atom stereocenters. The van der Waals surface area contributed by atoms with Crippen LogP contribution in [0.2, 0.25) is 0 Å². The lowest BCUT2D eigenvalue weighted by atomic mass is 10.2. The Morgan fingerprint density at radius 2 is 2.20 bits per heavy atom. The van der Waals surface area contributed by atoms with Gasteiger partial charge in [0.05, 0.1) is 18.1 Å². The zero-order valence-electron chi connectivity index (χ0n) is 11.8. The number of carbonyl (C=O) groups is 1. The van der Waals surface area contributed by atoms with Gasteiger partial charge >= 0.3 is 0 Å². The third-order valence-electron chi connectivity index (χ3n) is 2.70. The number of nitrogens with one attached hydrogen (secondary N) is 2. The Hall–Kier alpha value is -2.15. The van der Waals surface area contributed by atoms with E-state index in [1.54, 1.807) is 13.2 Å². The van der Waals surface area contributed by atoms with Gasteiger partial charge in [0.1, 0.15) is 0 Å². The predicted octanol–water partition coefficient (Wildman–Crippen LogP) is 1.47. The molecule has 1 amide bonds. The number of anilines is 1. The van der Waals surface area contributed by atoms with Crippen LogP contribution in [0.5, 0.6) is 0 Å². The molecule has 0 saturated heterocycles. The summed E-state index contributed by atoms with van der Waals surface area (Å²) >= 11 is 0. The van der Waals surface area contributed by atoms with Gasteiger partial charge in [0.25, 0.3) is 5.69 Å². The first-order valence-electron chi connectivity index (χ1n) is 6.21. The Morgan fingerprint density at radius 1 is 1.50 bits per heavy atom. The van der Waals surface area contributed by atoms with E-state index in [-0.39, 0.29) is 24.2 Å². The van der Waals surface area contributed by atoms with Gasteiger partial charge in [-0.3, -0.25) is 14.9 Å². The molecule has 110 valence electrons. The molecule has 0 saturated carbocycles. The molecule has 1 rings (SSSR count). The van der Waals surface area contributed by atoms with Crippen LogP contribution in [0.3, 0.4) is 0 Å². The second-order valence-electron chi connectivity index (χ2n) is 4.53. The third kappa shape index (κ3) is 4.85. The maximum Gasteiger partial charge on any atom is 0.271 e. The topological polar surface area (TPSA) is 93.5 Å². The van der Waals surface area contributed by atoms with E-state index in [1.165, 1.54) is 12.1 Å². The molecule has 0 spiro atoms. The molecule has 0 aliphatic heterocycles. The third-order valence-corrected chi connectivity index (χ3v) is 2.70. The Bertz CT molecular complexity index is 491. The second kappa shape index (κ2) is 7.44. The molecule has 0 fully saturated rings. The van der Waals surface area contributed by atoms with Gasteiger partial charge in [-0.15, -0.1) is 0 Å². The number of aryl methyl sites for hydroxylation is 1. The van der Waals surface area contributed by atoms with Crippen LogP contribution >= 0.6 is 0 Å². The fourth-order valence-electron chi connectivity index (χ4n) is 1.71. The van der Waals surface area contributed by atoms with Crippen LogP contribution in [0.1, 0.15) is 12.5 Å². The number of nitro groups is 1. The number of non-ortho nitro benzene ring substituents is 1. The molecule has 0 aliphatic carbocycles. The van der Waals surface area contributed by atoms with Crippen LogP contribution in [-0.2, 0) is 9.53 Å². The molecular formula is C13H19N3O4. The van der Waals surface area contributed by atoms with Crippen LogP contribution in [0.4, 0.5) is 11.4 Å². The molecule has 20 heavy (non-hydrogen) atoms. The van der Waals surface area contributed by atoms with E-state index in [9.17, 15) is 14.9 Å². The number of methoxy groups -OCH3 is 1. The summed E-state index contributed by atoms with van der Waals surface area (Å²) in [5, 5.41) is 16.4. The number of hydrogen-bond donors (Lipinski definition) is 2. The summed E-state index contributed by atoms with van der Waals surface area (Å²) < 4.78 is 4.92. The maximum atomic E-state index is 11.7. The zero-order chi connectivity index (χ0) is 15.1. The van der Waals surface area contributed by atoms with Gasteiger partial charge in [0.15, 0.2) is 0 Å². The molecule has 1 aromatic carbocycles. The number of ether oxygens (including phenoxy) is 1. The minimum Gasteiger partial charge on any atom is -0.383 e. The molecule has 1 aromatic rings. The van der Waals surface area contributed by atoms with Crippen LogP contribution < -0.4 is 10.6 Å². The van der Waals surface area contributed by atoms with Gasteiger partial charge in [0, 0.05) is 31.0 Å².